The van der Waals surface area contributed by atoms with Crippen molar-refractivity contribution in [2.24, 2.45) is 29.4 Å². The summed E-state index contributed by atoms with van der Waals surface area (Å²) >= 11 is 0. The van der Waals surface area contributed by atoms with E-state index in [4.69, 9.17) is 20.8 Å². The summed E-state index contributed by atoms with van der Waals surface area (Å²) in [6, 6.07) is 15.6. The monoisotopic (exact) mass is 708 g/mol. The van der Waals surface area contributed by atoms with E-state index in [9.17, 15) is 14.4 Å². The van der Waals surface area contributed by atoms with Crippen LogP contribution >= 0.6 is 0 Å². The number of aryl methyl sites for hydroxylation is 1. The Hall–Kier alpha value is -4.07. The number of carboxylic acid groups (broad SMARTS) is 1. The molecule has 3 atom stereocenters. The van der Waals surface area contributed by atoms with Crippen molar-refractivity contribution in [3.05, 3.63) is 83.2 Å². The van der Waals surface area contributed by atoms with Crippen LogP contribution in [-0.4, -0.2) is 50.8 Å². The predicted molar refractivity (Wildman–Crippen MR) is 207 cm³/mol. The molecule has 0 spiro atoms. The standard InChI is InChI=1S/C33H45N3O3.C11H15NO/c1-2-4-23-5-3-6-25(11-7-23)26-14-16-27(17-15-26)29-19-34-32(35-20-29)28-12-8-24(9-13-28)10-18-31(37)36-21-30(22-36)33(38)39;1-3-8(2)9-4-6-10(7-5-9)11(12)13/h8-9,12-13,19-20,23,25-27,30H,2-7,10-11,14-18,21-22H2,1H3,(H,38,39);4-8H,3H2,1-2H3,(H2,12,13). The fraction of sp³-hybridized carbons (Fsp3) is 0.568. The molecule has 2 heterocycles. The SMILES string of the molecule is CCC(C)c1ccc(C(N)=O)cc1.CCCC1CCCC(C2CCC(c3cnc(-c4ccc(CCC(=O)N5CC(C(=O)O)C5)cc4)nc3)CC2)CC1. The van der Waals surface area contributed by atoms with Crippen molar-refractivity contribution in [3.8, 4) is 11.4 Å². The topological polar surface area (TPSA) is 126 Å². The fourth-order valence-electron chi connectivity index (χ4n) is 8.48. The van der Waals surface area contributed by atoms with Gasteiger partial charge in [0, 0.05) is 43.0 Å². The smallest absolute Gasteiger partial charge is 0.310 e. The molecule has 3 aromatic rings. The molecule has 3 fully saturated rings. The molecule has 1 aliphatic heterocycles. The van der Waals surface area contributed by atoms with Gasteiger partial charge in [-0.15, -0.1) is 0 Å². The number of hydrogen-bond donors (Lipinski definition) is 2. The van der Waals surface area contributed by atoms with Crippen molar-refractivity contribution < 1.29 is 19.5 Å². The zero-order valence-electron chi connectivity index (χ0n) is 31.6. The van der Waals surface area contributed by atoms with E-state index in [1.54, 1.807) is 17.0 Å². The van der Waals surface area contributed by atoms with Gasteiger partial charge in [0.2, 0.25) is 11.8 Å². The lowest BCUT2D eigenvalue weighted by Gasteiger charge is -2.36. The Bertz CT molecular complexity index is 1580. The molecule has 3 aliphatic rings. The van der Waals surface area contributed by atoms with Crippen LogP contribution in [0.1, 0.15) is 143 Å². The van der Waals surface area contributed by atoms with E-state index in [2.05, 4.69) is 20.8 Å². The number of nitrogens with two attached hydrogens (primary N) is 1. The van der Waals surface area contributed by atoms with Gasteiger partial charge < -0.3 is 15.7 Å². The molecule has 2 aromatic carbocycles. The Kier molecular flexibility index (Phi) is 14.4. The molecule has 1 aromatic heterocycles. The lowest BCUT2D eigenvalue weighted by molar-refractivity contribution is -0.152. The molecule has 3 unspecified atom stereocenters. The first-order chi connectivity index (χ1) is 25.1. The number of carbonyl (C=O) groups excluding carboxylic acids is 2. The summed E-state index contributed by atoms with van der Waals surface area (Å²) in [4.78, 5) is 45.0. The Balaban J connectivity index is 0.000000340. The van der Waals surface area contributed by atoms with Crippen LogP contribution < -0.4 is 5.73 Å². The zero-order chi connectivity index (χ0) is 37.0. The fourth-order valence-corrected chi connectivity index (χ4v) is 8.48. The van der Waals surface area contributed by atoms with Gasteiger partial charge >= 0.3 is 5.97 Å². The largest absolute Gasteiger partial charge is 0.481 e. The molecule has 8 nitrogen and oxygen atoms in total. The van der Waals surface area contributed by atoms with Gasteiger partial charge in [0.25, 0.3) is 0 Å². The van der Waals surface area contributed by atoms with E-state index in [0.717, 1.165) is 41.1 Å². The van der Waals surface area contributed by atoms with Crippen LogP contribution in [0.3, 0.4) is 0 Å². The van der Waals surface area contributed by atoms with Crippen LogP contribution in [0, 0.1) is 23.7 Å². The maximum atomic E-state index is 12.3. The van der Waals surface area contributed by atoms with E-state index in [1.807, 2.05) is 48.8 Å². The number of aromatic nitrogens is 2. The quantitative estimate of drug-likeness (QED) is 0.181. The van der Waals surface area contributed by atoms with Gasteiger partial charge in [-0.05, 0) is 103 Å². The van der Waals surface area contributed by atoms with Crippen molar-refractivity contribution in [1.82, 2.24) is 14.9 Å². The molecule has 2 aliphatic carbocycles. The van der Waals surface area contributed by atoms with E-state index in [0.29, 0.717) is 43.3 Å². The van der Waals surface area contributed by atoms with Gasteiger partial charge in [0.1, 0.15) is 0 Å². The van der Waals surface area contributed by atoms with Gasteiger partial charge in [-0.2, -0.15) is 0 Å². The summed E-state index contributed by atoms with van der Waals surface area (Å²) in [6.45, 7) is 7.31. The predicted octanol–water partition coefficient (Wildman–Crippen LogP) is 9.19. The number of aliphatic carboxylic acids is 1. The number of rotatable bonds is 12. The highest BCUT2D eigenvalue weighted by Gasteiger charge is 2.35. The Morgan fingerprint density at radius 3 is 2.08 bits per heavy atom. The molecular formula is C44H60N4O4. The van der Waals surface area contributed by atoms with Gasteiger partial charge in [0.05, 0.1) is 5.92 Å². The molecule has 1 saturated heterocycles. The molecule has 2 amide bonds. The van der Waals surface area contributed by atoms with Crippen LogP contribution in [0.2, 0.25) is 0 Å². The van der Waals surface area contributed by atoms with Crippen molar-refractivity contribution >= 4 is 17.8 Å². The van der Waals surface area contributed by atoms with Crippen LogP contribution in [0.15, 0.2) is 60.9 Å². The molecule has 0 radical (unpaired) electrons. The third kappa shape index (κ3) is 10.7. The second kappa shape index (κ2) is 19.1. The number of likely N-dealkylation sites (tertiary alicyclic amines) is 1. The van der Waals surface area contributed by atoms with E-state index < -0.39 is 11.9 Å². The highest BCUT2D eigenvalue weighted by molar-refractivity contribution is 5.92. The number of carboxylic acids is 1. The first-order valence-electron chi connectivity index (χ1n) is 20.0. The molecule has 2 saturated carbocycles. The van der Waals surface area contributed by atoms with Crippen molar-refractivity contribution in [2.45, 2.75) is 122 Å². The number of carbonyl (C=O) groups is 3. The summed E-state index contributed by atoms with van der Waals surface area (Å²) in [5, 5.41) is 8.98. The normalized spacial score (nSPS) is 22.6. The third-order valence-electron chi connectivity index (χ3n) is 12.2. The molecular weight excluding hydrogens is 649 g/mol. The molecule has 3 N–H and O–H groups in total. The number of primary amides is 1. The number of amides is 2. The average Bonchev–Trinajstić information content (AvgIpc) is 3.39. The van der Waals surface area contributed by atoms with Crippen LogP contribution in [-0.2, 0) is 16.0 Å². The Labute approximate surface area is 311 Å². The minimum Gasteiger partial charge on any atom is -0.481 e. The summed E-state index contributed by atoms with van der Waals surface area (Å²) in [5.74, 6) is 3.18. The molecule has 280 valence electrons. The lowest BCUT2D eigenvalue weighted by atomic mass is 9.72. The number of nitrogens with zero attached hydrogens (tertiary/aromatic N) is 3. The van der Waals surface area contributed by atoms with Crippen molar-refractivity contribution in [2.75, 3.05) is 13.1 Å². The number of benzene rings is 2. The highest BCUT2D eigenvalue weighted by atomic mass is 16.4. The van der Waals surface area contributed by atoms with E-state index in [-0.39, 0.29) is 11.8 Å². The second-order valence-electron chi connectivity index (χ2n) is 15.7. The number of hydrogen-bond acceptors (Lipinski definition) is 5. The van der Waals surface area contributed by atoms with Gasteiger partial charge in [-0.25, -0.2) is 9.97 Å². The van der Waals surface area contributed by atoms with Crippen LogP contribution in [0.5, 0.6) is 0 Å². The van der Waals surface area contributed by atoms with Crippen molar-refractivity contribution in [3.63, 3.8) is 0 Å². The Morgan fingerprint density at radius 2 is 1.48 bits per heavy atom. The van der Waals surface area contributed by atoms with Crippen LogP contribution in [0.25, 0.3) is 11.4 Å². The molecule has 52 heavy (non-hydrogen) atoms. The average molecular weight is 709 g/mol. The van der Waals surface area contributed by atoms with Gasteiger partial charge in [-0.3, -0.25) is 14.4 Å². The molecule has 8 heteroatoms. The zero-order valence-corrected chi connectivity index (χ0v) is 31.6. The van der Waals surface area contributed by atoms with E-state index in [1.165, 1.54) is 81.8 Å². The molecule has 6 rings (SSSR count). The summed E-state index contributed by atoms with van der Waals surface area (Å²) < 4.78 is 0. The first-order valence-corrected chi connectivity index (χ1v) is 20.0. The van der Waals surface area contributed by atoms with Crippen molar-refractivity contribution in [1.29, 1.82) is 0 Å². The van der Waals surface area contributed by atoms with Gasteiger partial charge in [-0.1, -0.05) is 95.7 Å². The summed E-state index contributed by atoms with van der Waals surface area (Å²) in [7, 11) is 0. The van der Waals surface area contributed by atoms with Gasteiger partial charge in [0.15, 0.2) is 5.82 Å². The maximum Gasteiger partial charge on any atom is 0.310 e. The Morgan fingerprint density at radius 1 is 0.846 bits per heavy atom. The maximum absolute atomic E-state index is 12.3. The summed E-state index contributed by atoms with van der Waals surface area (Å²) in [6.07, 6.45) is 21.5. The highest BCUT2D eigenvalue weighted by Crippen LogP contribution is 2.43. The lowest BCUT2D eigenvalue weighted by Crippen LogP contribution is -2.53. The van der Waals surface area contributed by atoms with Crippen LogP contribution in [0.4, 0.5) is 0 Å². The third-order valence-corrected chi connectivity index (χ3v) is 12.2. The summed E-state index contributed by atoms with van der Waals surface area (Å²) in [5.41, 5.74) is 10.3. The first kappa shape index (κ1) is 39.1. The van der Waals surface area contributed by atoms with E-state index >= 15 is 0 Å². The minimum atomic E-state index is -0.817. The minimum absolute atomic E-state index is 0.0272. The molecule has 0 bridgehead atoms. The second-order valence-corrected chi connectivity index (χ2v) is 15.7.